The molecule has 1 fully saturated rings. The Morgan fingerprint density at radius 3 is 1.97 bits per heavy atom. The minimum absolute atomic E-state index is 0.0818. The van der Waals surface area contributed by atoms with Crippen LogP contribution in [-0.4, -0.2) is 26.5 Å². The molecule has 2 N–H and O–H groups in total. The lowest BCUT2D eigenvalue weighted by Gasteiger charge is -2.16. The Bertz CT molecular complexity index is 1520. The van der Waals surface area contributed by atoms with Crippen LogP contribution >= 0.6 is 0 Å². The highest BCUT2D eigenvalue weighted by atomic mass is 32.2. The molecule has 1 aliphatic carbocycles. The number of benzene rings is 3. The van der Waals surface area contributed by atoms with Crippen LogP contribution in [0.15, 0.2) is 82.2 Å². The van der Waals surface area contributed by atoms with Crippen molar-refractivity contribution < 1.29 is 17.7 Å². The molecule has 1 amide bonds. The zero-order valence-electron chi connectivity index (χ0n) is 20.3. The molecule has 1 aromatic heterocycles. The third-order valence-electron chi connectivity index (χ3n) is 6.77. The lowest BCUT2D eigenvalue weighted by molar-refractivity contribution is -0.121. The Morgan fingerprint density at radius 1 is 0.861 bits per heavy atom. The quantitative estimate of drug-likeness (QED) is 0.361. The molecular formula is C28H27N3O4S. The number of sulfonamides is 1. The van der Waals surface area contributed by atoms with Crippen LogP contribution in [0.1, 0.15) is 29.7 Å². The summed E-state index contributed by atoms with van der Waals surface area (Å²) >= 11 is 0. The van der Waals surface area contributed by atoms with E-state index in [1.165, 1.54) is 12.1 Å². The smallest absolute Gasteiger partial charge is 0.264 e. The lowest BCUT2D eigenvalue weighted by Crippen LogP contribution is -2.38. The highest BCUT2D eigenvalue weighted by molar-refractivity contribution is 7.90. The van der Waals surface area contributed by atoms with Gasteiger partial charge in [0.25, 0.3) is 10.0 Å². The maximum Gasteiger partial charge on any atom is 0.264 e. The summed E-state index contributed by atoms with van der Waals surface area (Å²) in [5.74, 6) is 0.210. The largest absolute Gasteiger partial charge is 0.383 e. The summed E-state index contributed by atoms with van der Waals surface area (Å²) in [5, 5.41) is 7.15. The Morgan fingerprint density at radius 2 is 1.42 bits per heavy atom. The van der Waals surface area contributed by atoms with Gasteiger partial charge in [0.1, 0.15) is 11.4 Å². The molecule has 0 spiro atoms. The van der Waals surface area contributed by atoms with Gasteiger partial charge in [0, 0.05) is 12.6 Å². The number of nitrogens with one attached hydrogen (secondary N) is 2. The zero-order chi connectivity index (χ0) is 25.5. The molecule has 0 saturated heterocycles. The number of carbonyl (C=O) groups is 1. The van der Waals surface area contributed by atoms with Crippen molar-refractivity contribution in [3.8, 4) is 22.5 Å². The molecule has 0 radical (unpaired) electrons. The second-order valence-electron chi connectivity index (χ2n) is 9.21. The Kier molecular flexibility index (Phi) is 5.92. The maximum absolute atomic E-state index is 13.1. The van der Waals surface area contributed by atoms with Gasteiger partial charge in [-0.05, 0) is 55.5 Å². The minimum Gasteiger partial charge on any atom is -0.383 e. The molecule has 1 heterocycles. The van der Waals surface area contributed by atoms with Gasteiger partial charge in [0.05, 0.1) is 10.3 Å². The number of nitrogens with zero attached hydrogens (tertiary/aromatic N) is 1. The average molecular weight is 502 g/mol. The Labute approximate surface area is 210 Å². The fourth-order valence-corrected chi connectivity index (χ4v) is 5.48. The average Bonchev–Trinajstić information content (AvgIpc) is 3.61. The Balaban J connectivity index is 1.33. The van der Waals surface area contributed by atoms with Crippen LogP contribution in [0.25, 0.3) is 22.5 Å². The Hall–Kier alpha value is -3.91. The molecule has 7 nitrogen and oxygen atoms in total. The first kappa shape index (κ1) is 23.8. The molecule has 36 heavy (non-hydrogen) atoms. The predicted molar refractivity (Wildman–Crippen MR) is 139 cm³/mol. The van der Waals surface area contributed by atoms with Crippen LogP contribution in [0.4, 0.5) is 5.69 Å². The number of anilines is 1. The molecule has 8 heteroatoms. The van der Waals surface area contributed by atoms with Crippen molar-refractivity contribution in [1.82, 2.24) is 9.88 Å². The number of amides is 1. The highest BCUT2D eigenvalue weighted by Gasteiger charge is 2.52. The summed E-state index contributed by atoms with van der Waals surface area (Å²) in [7, 11) is -2.09. The first-order chi connectivity index (χ1) is 17.2. The number of aryl methyl sites for hydroxylation is 2. The van der Waals surface area contributed by atoms with E-state index >= 15 is 0 Å². The van der Waals surface area contributed by atoms with Crippen molar-refractivity contribution in [3.63, 3.8) is 0 Å². The number of hydrogen-bond donors (Lipinski definition) is 2. The van der Waals surface area contributed by atoms with Crippen molar-refractivity contribution in [2.75, 3.05) is 12.4 Å². The van der Waals surface area contributed by atoms with Gasteiger partial charge in [-0.25, -0.2) is 13.1 Å². The van der Waals surface area contributed by atoms with E-state index in [1.54, 1.807) is 12.1 Å². The number of carbonyl (C=O) groups excluding carboxylic acids is 1. The van der Waals surface area contributed by atoms with E-state index < -0.39 is 21.3 Å². The molecule has 0 bridgehead atoms. The number of rotatable bonds is 7. The molecule has 0 aliphatic heterocycles. The second kappa shape index (κ2) is 8.95. The van der Waals surface area contributed by atoms with Gasteiger partial charge in [0.15, 0.2) is 5.76 Å². The molecule has 5 rings (SSSR count). The maximum atomic E-state index is 13.1. The van der Waals surface area contributed by atoms with Crippen molar-refractivity contribution in [2.45, 2.75) is 37.0 Å². The monoisotopic (exact) mass is 501 g/mol. The van der Waals surface area contributed by atoms with Crippen molar-refractivity contribution >= 4 is 21.6 Å². The van der Waals surface area contributed by atoms with E-state index in [-0.39, 0.29) is 4.90 Å². The summed E-state index contributed by atoms with van der Waals surface area (Å²) in [6, 6.07) is 22.2. The van der Waals surface area contributed by atoms with Gasteiger partial charge in [-0.1, -0.05) is 71.4 Å². The van der Waals surface area contributed by atoms with Crippen molar-refractivity contribution in [2.24, 2.45) is 0 Å². The normalized spacial score (nSPS) is 14.3. The molecule has 1 aliphatic rings. The zero-order valence-corrected chi connectivity index (χ0v) is 21.1. The van der Waals surface area contributed by atoms with Gasteiger partial charge in [-0.15, -0.1) is 0 Å². The van der Waals surface area contributed by atoms with Crippen LogP contribution in [0.5, 0.6) is 0 Å². The lowest BCUT2D eigenvalue weighted by atomic mass is 9.93. The summed E-state index contributed by atoms with van der Waals surface area (Å²) in [6.45, 7) is 3.77. The van der Waals surface area contributed by atoms with Crippen LogP contribution in [-0.2, 0) is 20.2 Å². The highest BCUT2D eigenvalue weighted by Crippen LogP contribution is 2.49. The predicted octanol–water partition coefficient (Wildman–Crippen LogP) is 5.20. The van der Waals surface area contributed by atoms with E-state index in [1.807, 2.05) is 69.4 Å². The first-order valence-corrected chi connectivity index (χ1v) is 13.2. The summed E-state index contributed by atoms with van der Waals surface area (Å²) in [6.07, 6.45) is 1.22. The molecule has 4 aromatic rings. The molecule has 1 saturated carbocycles. The molecule has 184 valence electrons. The summed E-state index contributed by atoms with van der Waals surface area (Å²) < 4.78 is 33.2. The number of aromatic nitrogens is 1. The third kappa shape index (κ3) is 4.28. The fourth-order valence-electron chi connectivity index (χ4n) is 4.42. The topological polar surface area (TPSA) is 101 Å². The standard InChI is InChI=1S/C28H27N3O4S/c1-18-4-14-24(15-5-18)36(33,34)31-27(32)28(16-17-28)23-12-10-21(11-13-23)20-6-8-22(9-7-20)26-25(29-3)19(2)30-35-26/h4-15,29H,16-17H2,1-3H3,(H,31,32). The fraction of sp³-hybridized carbons (Fsp3) is 0.214. The summed E-state index contributed by atoms with van der Waals surface area (Å²) in [4.78, 5) is 13.1. The second-order valence-corrected chi connectivity index (χ2v) is 10.9. The van der Waals surface area contributed by atoms with Gasteiger partial charge >= 0.3 is 0 Å². The van der Waals surface area contributed by atoms with E-state index in [4.69, 9.17) is 4.52 Å². The minimum atomic E-state index is -3.93. The molecule has 0 atom stereocenters. The van der Waals surface area contributed by atoms with E-state index in [2.05, 4.69) is 15.2 Å². The molecule has 0 unspecified atom stereocenters. The van der Waals surface area contributed by atoms with Crippen LogP contribution in [0.3, 0.4) is 0 Å². The first-order valence-electron chi connectivity index (χ1n) is 11.7. The van der Waals surface area contributed by atoms with Crippen LogP contribution in [0.2, 0.25) is 0 Å². The van der Waals surface area contributed by atoms with Crippen LogP contribution < -0.4 is 10.0 Å². The molecular weight excluding hydrogens is 474 g/mol. The van der Waals surface area contributed by atoms with E-state index in [0.29, 0.717) is 18.6 Å². The van der Waals surface area contributed by atoms with E-state index in [0.717, 1.165) is 39.2 Å². The SMILES string of the molecule is CNc1c(C)noc1-c1ccc(-c2ccc(C3(C(=O)NS(=O)(=O)c4ccc(C)cc4)CC3)cc2)cc1. The van der Waals surface area contributed by atoms with Gasteiger partial charge in [-0.3, -0.25) is 4.79 Å². The molecule has 3 aromatic carbocycles. The van der Waals surface area contributed by atoms with Crippen molar-refractivity contribution in [3.05, 3.63) is 89.6 Å². The van der Waals surface area contributed by atoms with E-state index in [9.17, 15) is 13.2 Å². The van der Waals surface area contributed by atoms with Crippen molar-refractivity contribution in [1.29, 1.82) is 0 Å². The number of hydrogen-bond acceptors (Lipinski definition) is 6. The van der Waals surface area contributed by atoms with Gasteiger partial charge in [0.2, 0.25) is 5.91 Å². The van der Waals surface area contributed by atoms with Gasteiger partial charge < -0.3 is 9.84 Å². The van der Waals surface area contributed by atoms with Crippen LogP contribution in [0, 0.1) is 13.8 Å². The third-order valence-corrected chi connectivity index (χ3v) is 8.12. The van der Waals surface area contributed by atoms with Gasteiger partial charge in [-0.2, -0.15) is 0 Å². The summed E-state index contributed by atoms with van der Waals surface area (Å²) in [5.41, 5.74) is 5.55.